The van der Waals surface area contributed by atoms with Gasteiger partial charge in [0.15, 0.2) is 0 Å². The van der Waals surface area contributed by atoms with Gasteiger partial charge in [0.25, 0.3) is 5.91 Å². The largest absolute Gasteiger partial charge is 0.496 e. The van der Waals surface area contributed by atoms with Gasteiger partial charge in [-0.25, -0.2) is 9.07 Å². The smallest absolute Gasteiger partial charge is 0.254 e. The fraction of sp³-hybridized carbons (Fsp3) is 0.273. The molecule has 0 atom stereocenters. The fourth-order valence-corrected chi connectivity index (χ4v) is 3.72. The van der Waals surface area contributed by atoms with Gasteiger partial charge in [-0.15, -0.1) is 0 Å². The first kappa shape index (κ1) is 19.1. The van der Waals surface area contributed by atoms with Gasteiger partial charge in [-0.05, 0) is 48.5 Å². The number of nitrogens with zero attached hydrogens (tertiary/aromatic N) is 3. The predicted molar refractivity (Wildman–Crippen MR) is 107 cm³/mol. The number of halogens is 1. The molecule has 150 valence electrons. The Labute approximate surface area is 169 Å². The number of quaternary nitrogens is 1. The molecule has 0 radical (unpaired) electrons. The van der Waals surface area contributed by atoms with Crippen LogP contribution in [-0.4, -0.2) is 53.9 Å². The molecule has 1 N–H and O–H groups in total. The third-order valence-electron chi connectivity index (χ3n) is 5.32. The predicted octanol–water partition coefficient (Wildman–Crippen LogP) is 1.56. The van der Waals surface area contributed by atoms with Crippen molar-refractivity contribution >= 4 is 5.91 Å². The van der Waals surface area contributed by atoms with Gasteiger partial charge in [-0.2, -0.15) is 5.10 Å². The molecule has 1 aromatic heterocycles. The number of carbonyl (C=O) groups is 1. The first-order valence-corrected chi connectivity index (χ1v) is 9.69. The minimum atomic E-state index is -0.257. The van der Waals surface area contributed by atoms with Gasteiger partial charge in [0, 0.05) is 18.0 Å². The molecule has 1 aliphatic heterocycles. The fourth-order valence-electron chi connectivity index (χ4n) is 3.72. The van der Waals surface area contributed by atoms with Crippen molar-refractivity contribution < 1.29 is 18.8 Å². The van der Waals surface area contributed by atoms with E-state index in [9.17, 15) is 9.18 Å². The Bertz CT molecular complexity index is 965. The normalized spacial score (nSPS) is 14.8. The lowest BCUT2D eigenvalue weighted by atomic mass is 10.1. The summed E-state index contributed by atoms with van der Waals surface area (Å²) in [6, 6.07) is 14.0. The summed E-state index contributed by atoms with van der Waals surface area (Å²) < 4.78 is 20.7. The van der Waals surface area contributed by atoms with Crippen molar-refractivity contribution in [2.24, 2.45) is 0 Å². The van der Waals surface area contributed by atoms with Crippen LogP contribution in [0.2, 0.25) is 0 Å². The average molecular weight is 395 g/mol. The van der Waals surface area contributed by atoms with Crippen LogP contribution < -0.4 is 9.64 Å². The lowest BCUT2D eigenvalue weighted by Gasteiger charge is -2.32. The lowest BCUT2D eigenvalue weighted by Crippen LogP contribution is -3.13. The van der Waals surface area contributed by atoms with Gasteiger partial charge in [-0.3, -0.25) is 4.79 Å². The quantitative estimate of drug-likeness (QED) is 0.714. The van der Waals surface area contributed by atoms with E-state index < -0.39 is 0 Å². The minimum absolute atomic E-state index is 0.0411. The van der Waals surface area contributed by atoms with E-state index in [0.29, 0.717) is 30.9 Å². The van der Waals surface area contributed by atoms with Gasteiger partial charge >= 0.3 is 0 Å². The maximum absolute atomic E-state index is 13.6. The van der Waals surface area contributed by atoms with Crippen LogP contribution in [-0.2, 0) is 6.54 Å². The Kier molecular flexibility index (Phi) is 5.57. The van der Waals surface area contributed by atoms with Crippen LogP contribution in [0.5, 0.6) is 5.75 Å². The number of benzene rings is 2. The molecule has 29 heavy (non-hydrogen) atoms. The number of ether oxygens (including phenoxy) is 1. The summed E-state index contributed by atoms with van der Waals surface area (Å²) in [5.41, 5.74) is 2.46. The molecule has 0 unspecified atom stereocenters. The second kappa shape index (κ2) is 8.45. The molecule has 1 aliphatic rings. The molecule has 1 fully saturated rings. The number of hydrogen-bond donors (Lipinski definition) is 1. The first-order valence-electron chi connectivity index (χ1n) is 9.69. The molecule has 2 aromatic carbocycles. The number of aromatic nitrogens is 2. The van der Waals surface area contributed by atoms with Gasteiger partial charge in [0.05, 0.1) is 44.5 Å². The third kappa shape index (κ3) is 4.30. The van der Waals surface area contributed by atoms with Gasteiger partial charge < -0.3 is 14.5 Å². The molecule has 6 nitrogen and oxygen atoms in total. The topological polar surface area (TPSA) is 51.8 Å². The van der Waals surface area contributed by atoms with Crippen LogP contribution >= 0.6 is 0 Å². The highest BCUT2D eigenvalue weighted by atomic mass is 19.1. The second-order valence-corrected chi connectivity index (χ2v) is 7.17. The SMILES string of the molecule is COc1ccc(F)cc1C[NH+]1CCN(C(=O)c2ccc(-n3cccn3)cc2)CC1. The van der Waals surface area contributed by atoms with Crippen molar-refractivity contribution in [2.45, 2.75) is 6.54 Å². The molecule has 1 amide bonds. The summed E-state index contributed by atoms with van der Waals surface area (Å²) >= 11 is 0. The van der Waals surface area contributed by atoms with E-state index in [1.54, 1.807) is 24.1 Å². The summed E-state index contributed by atoms with van der Waals surface area (Å²) in [7, 11) is 1.60. The highest BCUT2D eigenvalue weighted by Crippen LogP contribution is 2.18. The molecule has 0 saturated carbocycles. The maximum Gasteiger partial charge on any atom is 0.254 e. The van der Waals surface area contributed by atoms with Crippen LogP contribution in [0.15, 0.2) is 60.9 Å². The van der Waals surface area contributed by atoms with E-state index in [2.05, 4.69) is 5.10 Å². The number of rotatable bonds is 5. The Hall–Kier alpha value is -3.19. The van der Waals surface area contributed by atoms with Gasteiger partial charge in [0.2, 0.25) is 0 Å². The molecule has 0 bridgehead atoms. The molecule has 0 spiro atoms. The lowest BCUT2D eigenvalue weighted by molar-refractivity contribution is -0.917. The average Bonchev–Trinajstić information content (AvgIpc) is 3.29. The molecule has 4 rings (SSSR count). The Balaban J connectivity index is 1.36. The van der Waals surface area contributed by atoms with Crippen LogP contribution in [0.1, 0.15) is 15.9 Å². The van der Waals surface area contributed by atoms with Crippen LogP contribution in [0.4, 0.5) is 4.39 Å². The van der Waals surface area contributed by atoms with E-state index in [1.165, 1.54) is 17.0 Å². The summed E-state index contributed by atoms with van der Waals surface area (Å²) in [4.78, 5) is 16.0. The Morgan fingerprint density at radius 2 is 1.93 bits per heavy atom. The molecule has 0 aliphatic carbocycles. The third-order valence-corrected chi connectivity index (χ3v) is 5.32. The molecule has 1 saturated heterocycles. The van der Waals surface area contributed by atoms with Crippen molar-refractivity contribution in [3.8, 4) is 11.4 Å². The molecule has 7 heteroatoms. The highest BCUT2D eigenvalue weighted by molar-refractivity contribution is 5.94. The number of hydrogen-bond acceptors (Lipinski definition) is 3. The second-order valence-electron chi connectivity index (χ2n) is 7.17. The molecular weight excluding hydrogens is 371 g/mol. The van der Waals surface area contributed by atoms with E-state index >= 15 is 0 Å². The summed E-state index contributed by atoms with van der Waals surface area (Å²) in [6.45, 7) is 3.66. The van der Waals surface area contributed by atoms with Crippen molar-refractivity contribution in [1.82, 2.24) is 14.7 Å². The van der Waals surface area contributed by atoms with Gasteiger partial charge in [0.1, 0.15) is 18.1 Å². The zero-order valence-corrected chi connectivity index (χ0v) is 16.3. The van der Waals surface area contributed by atoms with E-state index in [1.807, 2.05) is 41.4 Å². The molecule has 3 aromatic rings. The molecular formula is C22H24FN4O2+. The maximum atomic E-state index is 13.6. The standard InChI is InChI=1S/C22H23FN4O2/c1-29-21-8-5-19(23)15-18(21)16-25-11-13-26(14-12-25)22(28)17-3-6-20(7-4-17)27-10-2-9-24-27/h2-10,15H,11-14,16H2,1H3/p+1. The monoisotopic (exact) mass is 395 g/mol. The number of nitrogens with one attached hydrogen (secondary N) is 1. The number of carbonyl (C=O) groups excluding carboxylic acids is 1. The van der Waals surface area contributed by atoms with E-state index in [-0.39, 0.29) is 11.7 Å². The highest BCUT2D eigenvalue weighted by Gasteiger charge is 2.25. The first-order chi connectivity index (χ1) is 14.1. The minimum Gasteiger partial charge on any atom is -0.496 e. The Morgan fingerprint density at radius 3 is 2.59 bits per heavy atom. The zero-order chi connectivity index (χ0) is 20.2. The van der Waals surface area contributed by atoms with Crippen LogP contribution in [0.25, 0.3) is 5.69 Å². The van der Waals surface area contributed by atoms with Crippen LogP contribution in [0, 0.1) is 5.82 Å². The van der Waals surface area contributed by atoms with Crippen molar-refractivity contribution in [3.63, 3.8) is 0 Å². The van der Waals surface area contributed by atoms with Gasteiger partial charge in [-0.1, -0.05) is 0 Å². The number of piperazine rings is 1. The van der Waals surface area contributed by atoms with Crippen LogP contribution in [0.3, 0.4) is 0 Å². The zero-order valence-electron chi connectivity index (χ0n) is 16.3. The number of amides is 1. The van der Waals surface area contributed by atoms with Crippen molar-refractivity contribution in [2.75, 3.05) is 33.3 Å². The van der Waals surface area contributed by atoms with Crippen molar-refractivity contribution in [3.05, 3.63) is 77.9 Å². The van der Waals surface area contributed by atoms with Crippen molar-refractivity contribution in [1.29, 1.82) is 0 Å². The summed E-state index contributed by atoms with van der Waals surface area (Å²) in [6.07, 6.45) is 3.59. The summed E-state index contributed by atoms with van der Waals surface area (Å²) in [5, 5.41) is 4.20. The number of methoxy groups -OCH3 is 1. The van der Waals surface area contributed by atoms with E-state index in [4.69, 9.17) is 4.74 Å². The molecule has 2 heterocycles. The summed E-state index contributed by atoms with van der Waals surface area (Å²) in [5.74, 6) is 0.488. The Morgan fingerprint density at radius 1 is 1.17 bits per heavy atom. The van der Waals surface area contributed by atoms with E-state index in [0.717, 1.165) is 24.3 Å².